The summed E-state index contributed by atoms with van der Waals surface area (Å²) in [5.41, 5.74) is 3.02. The summed E-state index contributed by atoms with van der Waals surface area (Å²) in [6.07, 6.45) is 7.13. The Hall–Kier alpha value is -2.06. The summed E-state index contributed by atoms with van der Waals surface area (Å²) in [6, 6.07) is 11.1. The van der Waals surface area contributed by atoms with Crippen LogP contribution in [0, 0.1) is 16.9 Å². The van der Waals surface area contributed by atoms with Crippen LogP contribution in [0.1, 0.15) is 36.8 Å². The Kier molecular flexibility index (Phi) is 5.33. The minimum atomic E-state index is -0.0783. The van der Waals surface area contributed by atoms with Gasteiger partial charge in [-0.2, -0.15) is 10.3 Å². The number of aliphatic imine (C=N–C) groups is 1. The van der Waals surface area contributed by atoms with Gasteiger partial charge in [-0.25, -0.2) is 0 Å². The third-order valence-electron chi connectivity index (χ3n) is 5.82. The molecule has 6 heteroatoms. The molecule has 0 saturated heterocycles. The third kappa shape index (κ3) is 3.63. The molecule has 1 spiro atoms. The first-order valence-corrected chi connectivity index (χ1v) is 10.1. The van der Waals surface area contributed by atoms with Crippen molar-refractivity contribution in [2.24, 2.45) is 10.4 Å². The lowest BCUT2D eigenvalue weighted by molar-refractivity contribution is 0.0468. The minimum Gasteiger partial charge on any atom is -0.457 e. The Labute approximate surface area is 174 Å². The maximum atomic E-state index is 9.31. The van der Waals surface area contributed by atoms with E-state index in [1.807, 2.05) is 18.3 Å². The molecule has 0 heterocycles. The molecule has 0 bridgehead atoms. The third-order valence-corrected chi connectivity index (χ3v) is 6.26. The number of hydrogen-bond acceptors (Lipinski definition) is 4. The molecular formula is C22H20Cl2N2O2. The Bertz CT molecular complexity index is 953. The van der Waals surface area contributed by atoms with Gasteiger partial charge in [-0.15, -0.1) is 0 Å². The molecule has 4 rings (SSSR count). The van der Waals surface area contributed by atoms with Crippen molar-refractivity contribution in [1.29, 1.82) is 5.26 Å². The van der Waals surface area contributed by atoms with Crippen molar-refractivity contribution in [3.8, 4) is 17.7 Å². The molecule has 4 nitrogen and oxygen atoms in total. The molecule has 2 aliphatic carbocycles. The zero-order chi connectivity index (χ0) is 19.7. The standard InChI is InChI=1S/C22H20Cl2N2O2/c1-27-17-4-6-22(7-5-17)12-14-2-3-18(11-20(14)21(22)26-13-25)28-19-9-15(23)8-16(24)10-19/h2-3,8-11,17H,4-7,12H2,1H3. The van der Waals surface area contributed by atoms with Crippen LogP contribution in [0.3, 0.4) is 0 Å². The van der Waals surface area contributed by atoms with Crippen molar-refractivity contribution in [1.82, 2.24) is 0 Å². The number of benzene rings is 2. The van der Waals surface area contributed by atoms with E-state index in [1.54, 1.807) is 25.3 Å². The van der Waals surface area contributed by atoms with Crippen molar-refractivity contribution in [3.05, 3.63) is 57.6 Å². The van der Waals surface area contributed by atoms with Gasteiger partial charge in [0.25, 0.3) is 0 Å². The summed E-state index contributed by atoms with van der Waals surface area (Å²) in [5, 5.41) is 10.3. The van der Waals surface area contributed by atoms with E-state index in [0.29, 0.717) is 27.6 Å². The van der Waals surface area contributed by atoms with Crippen molar-refractivity contribution < 1.29 is 9.47 Å². The first kappa shape index (κ1) is 19.3. The molecule has 2 aromatic rings. The largest absolute Gasteiger partial charge is 0.457 e. The van der Waals surface area contributed by atoms with Crippen LogP contribution in [0.5, 0.6) is 11.5 Å². The molecule has 0 N–H and O–H groups in total. The van der Waals surface area contributed by atoms with Gasteiger partial charge in [0.15, 0.2) is 0 Å². The van der Waals surface area contributed by atoms with E-state index in [2.05, 4.69) is 11.1 Å². The second-order valence-electron chi connectivity index (χ2n) is 7.48. The van der Waals surface area contributed by atoms with Crippen molar-refractivity contribution >= 4 is 28.9 Å². The summed E-state index contributed by atoms with van der Waals surface area (Å²) >= 11 is 12.1. The molecule has 2 aromatic carbocycles. The van der Waals surface area contributed by atoms with Crippen LogP contribution in [-0.2, 0) is 11.2 Å². The Balaban J connectivity index is 1.65. The zero-order valence-corrected chi connectivity index (χ0v) is 17.1. The highest BCUT2D eigenvalue weighted by Crippen LogP contribution is 2.49. The molecule has 0 radical (unpaired) electrons. The van der Waals surface area contributed by atoms with E-state index in [0.717, 1.165) is 43.4 Å². The van der Waals surface area contributed by atoms with Crippen LogP contribution < -0.4 is 4.74 Å². The summed E-state index contributed by atoms with van der Waals surface area (Å²) in [7, 11) is 1.77. The van der Waals surface area contributed by atoms with E-state index in [-0.39, 0.29) is 5.41 Å². The van der Waals surface area contributed by atoms with Crippen LogP contribution in [0.4, 0.5) is 0 Å². The normalized spacial score (nSPS) is 24.9. The monoisotopic (exact) mass is 414 g/mol. The van der Waals surface area contributed by atoms with E-state index < -0.39 is 0 Å². The topological polar surface area (TPSA) is 54.6 Å². The predicted octanol–water partition coefficient (Wildman–Crippen LogP) is 6.19. The highest BCUT2D eigenvalue weighted by atomic mass is 35.5. The van der Waals surface area contributed by atoms with Crippen molar-refractivity contribution in [2.75, 3.05) is 7.11 Å². The van der Waals surface area contributed by atoms with Gasteiger partial charge in [0.05, 0.1) is 11.8 Å². The summed E-state index contributed by atoms with van der Waals surface area (Å²) in [5.74, 6) is 1.25. The average Bonchev–Trinajstić information content (AvgIpc) is 2.95. The van der Waals surface area contributed by atoms with Gasteiger partial charge in [-0.05, 0) is 68.0 Å². The maximum absolute atomic E-state index is 9.31. The molecule has 2 aliphatic rings. The second-order valence-corrected chi connectivity index (χ2v) is 8.35. The predicted molar refractivity (Wildman–Crippen MR) is 111 cm³/mol. The van der Waals surface area contributed by atoms with E-state index in [9.17, 15) is 5.26 Å². The molecule has 0 aliphatic heterocycles. The first-order valence-electron chi connectivity index (χ1n) is 9.30. The first-order chi connectivity index (χ1) is 13.5. The molecule has 1 fully saturated rings. The highest BCUT2D eigenvalue weighted by Gasteiger charge is 2.45. The van der Waals surface area contributed by atoms with Gasteiger partial charge in [0, 0.05) is 28.1 Å². The van der Waals surface area contributed by atoms with Gasteiger partial charge >= 0.3 is 0 Å². The fraction of sp³-hybridized carbons (Fsp3) is 0.364. The number of nitriles is 1. The maximum Gasteiger partial charge on any atom is 0.205 e. The van der Waals surface area contributed by atoms with E-state index in [4.69, 9.17) is 32.7 Å². The highest BCUT2D eigenvalue weighted by molar-refractivity contribution is 6.34. The number of hydrogen-bond donors (Lipinski definition) is 0. The fourth-order valence-electron chi connectivity index (χ4n) is 4.47. The van der Waals surface area contributed by atoms with Gasteiger partial charge in [-0.3, -0.25) is 0 Å². The molecule has 1 saturated carbocycles. The van der Waals surface area contributed by atoms with Crippen LogP contribution >= 0.6 is 23.2 Å². The number of rotatable bonds is 3. The Morgan fingerprint density at radius 1 is 1.07 bits per heavy atom. The van der Waals surface area contributed by atoms with Gasteiger partial charge in [-0.1, -0.05) is 29.3 Å². The van der Waals surface area contributed by atoms with Gasteiger partial charge in [0.1, 0.15) is 11.5 Å². The minimum absolute atomic E-state index is 0.0783. The zero-order valence-electron chi connectivity index (χ0n) is 15.5. The molecule has 144 valence electrons. The molecule has 0 amide bonds. The number of halogens is 2. The number of methoxy groups -OCH3 is 1. The number of ether oxygens (including phenoxy) is 2. The average molecular weight is 415 g/mol. The summed E-state index contributed by atoms with van der Waals surface area (Å²) in [4.78, 5) is 4.25. The van der Waals surface area contributed by atoms with Crippen molar-refractivity contribution in [3.63, 3.8) is 0 Å². The summed E-state index contributed by atoms with van der Waals surface area (Å²) in [6.45, 7) is 0. The van der Waals surface area contributed by atoms with Crippen LogP contribution in [0.15, 0.2) is 41.4 Å². The quantitative estimate of drug-likeness (QED) is 0.562. The van der Waals surface area contributed by atoms with E-state index >= 15 is 0 Å². The lowest BCUT2D eigenvalue weighted by Gasteiger charge is -2.36. The lowest BCUT2D eigenvalue weighted by atomic mass is 9.70. The number of nitrogens with zero attached hydrogens (tertiary/aromatic N) is 2. The molecule has 0 unspecified atom stereocenters. The van der Waals surface area contributed by atoms with Crippen LogP contribution in [0.2, 0.25) is 10.0 Å². The Morgan fingerprint density at radius 2 is 1.79 bits per heavy atom. The summed E-state index contributed by atoms with van der Waals surface area (Å²) < 4.78 is 11.5. The Morgan fingerprint density at radius 3 is 2.43 bits per heavy atom. The lowest BCUT2D eigenvalue weighted by Crippen LogP contribution is -2.35. The molecular weight excluding hydrogens is 395 g/mol. The van der Waals surface area contributed by atoms with Crippen LogP contribution in [0.25, 0.3) is 0 Å². The molecule has 0 atom stereocenters. The van der Waals surface area contributed by atoms with Crippen molar-refractivity contribution in [2.45, 2.75) is 38.2 Å². The fourth-order valence-corrected chi connectivity index (χ4v) is 4.98. The smallest absolute Gasteiger partial charge is 0.205 e. The van der Waals surface area contributed by atoms with Crippen LogP contribution in [-0.4, -0.2) is 18.9 Å². The SMILES string of the molecule is COC1CCC2(CC1)Cc1ccc(Oc3cc(Cl)cc(Cl)c3)cc1C2=NC#N. The molecule has 28 heavy (non-hydrogen) atoms. The van der Waals surface area contributed by atoms with Gasteiger partial charge < -0.3 is 9.47 Å². The van der Waals surface area contributed by atoms with E-state index in [1.165, 1.54) is 5.56 Å². The molecule has 0 aromatic heterocycles. The van der Waals surface area contributed by atoms with Gasteiger partial charge in [0.2, 0.25) is 6.19 Å². The second kappa shape index (κ2) is 7.75. The number of fused-ring (bicyclic) bond motifs is 1.